The van der Waals surface area contributed by atoms with Crippen LogP contribution in [0, 0.1) is 52.3 Å². The zero-order chi connectivity index (χ0) is 21.0. The van der Waals surface area contributed by atoms with Crippen LogP contribution in [-0.4, -0.2) is 11.2 Å². The Morgan fingerprint density at radius 1 is 0.931 bits per heavy atom. The zero-order valence-electron chi connectivity index (χ0n) is 20.0. The quantitative estimate of drug-likeness (QED) is 0.489. The first-order valence-corrected chi connectivity index (χ1v) is 12.7. The van der Waals surface area contributed by atoms with Gasteiger partial charge in [0.25, 0.3) is 0 Å². The van der Waals surface area contributed by atoms with Crippen LogP contribution in [0.25, 0.3) is 0 Å². The predicted molar refractivity (Wildman–Crippen MR) is 124 cm³/mol. The van der Waals surface area contributed by atoms with Crippen molar-refractivity contribution in [2.24, 2.45) is 52.3 Å². The maximum atomic E-state index is 10.2. The van der Waals surface area contributed by atoms with E-state index in [-0.39, 0.29) is 6.10 Å². The molecule has 29 heavy (non-hydrogen) atoms. The SMILES string of the molecule is CC(C)[C@H](C)/C=C/[C@@H](C)[C@H]1CC[C@H]2C3=CC[C@@H]4C[C@@H](O)CC[C@]4(C)[C@H]3CC[C@]12C. The van der Waals surface area contributed by atoms with E-state index in [1.165, 1.54) is 38.5 Å². The fourth-order valence-electron chi connectivity index (χ4n) is 8.10. The van der Waals surface area contributed by atoms with Crippen LogP contribution in [0.3, 0.4) is 0 Å². The molecule has 0 spiro atoms. The van der Waals surface area contributed by atoms with Crippen molar-refractivity contribution in [2.75, 3.05) is 0 Å². The summed E-state index contributed by atoms with van der Waals surface area (Å²) in [6, 6.07) is 0. The fourth-order valence-corrected chi connectivity index (χ4v) is 8.10. The minimum Gasteiger partial charge on any atom is -0.393 e. The molecule has 0 aromatic heterocycles. The van der Waals surface area contributed by atoms with E-state index in [1.54, 1.807) is 0 Å². The topological polar surface area (TPSA) is 20.2 Å². The van der Waals surface area contributed by atoms with Crippen molar-refractivity contribution in [3.05, 3.63) is 23.8 Å². The van der Waals surface area contributed by atoms with Crippen molar-refractivity contribution in [3.63, 3.8) is 0 Å². The number of aliphatic hydroxyl groups excluding tert-OH is 1. The summed E-state index contributed by atoms with van der Waals surface area (Å²) in [4.78, 5) is 0. The molecule has 4 rings (SSSR count). The molecule has 0 amide bonds. The lowest BCUT2D eigenvalue weighted by Gasteiger charge is -2.57. The molecule has 0 bridgehead atoms. The van der Waals surface area contributed by atoms with E-state index >= 15 is 0 Å². The molecule has 3 fully saturated rings. The van der Waals surface area contributed by atoms with Crippen molar-refractivity contribution in [3.8, 4) is 0 Å². The lowest BCUT2D eigenvalue weighted by Crippen LogP contribution is -2.49. The van der Waals surface area contributed by atoms with Crippen LogP contribution in [0.4, 0.5) is 0 Å². The molecule has 0 saturated heterocycles. The highest BCUT2D eigenvalue weighted by molar-refractivity contribution is 5.28. The van der Waals surface area contributed by atoms with Crippen molar-refractivity contribution >= 4 is 0 Å². The first-order chi connectivity index (χ1) is 13.7. The molecule has 0 unspecified atom stereocenters. The van der Waals surface area contributed by atoms with Crippen molar-refractivity contribution in [2.45, 2.75) is 99.0 Å². The van der Waals surface area contributed by atoms with E-state index in [4.69, 9.17) is 0 Å². The molecule has 0 aromatic rings. The molecule has 1 N–H and O–H groups in total. The van der Waals surface area contributed by atoms with Crippen LogP contribution < -0.4 is 0 Å². The third-order valence-electron chi connectivity index (χ3n) is 10.5. The highest BCUT2D eigenvalue weighted by Crippen LogP contribution is 2.66. The van der Waals surface area contributed by atoms with E-state index in [0.29, 0.717) is 28.6 Å². The Morgan fingerprint density at radius 2 is 1.62 bits per heavy atom. The Morgan fingerprint density at radius 3 is 2.34 bits per heavy atom. The van der Waals surface area contributed by atoms with E-state index in [1.807, 2.05) is 5.57 Å². The molecular formula is C28H46O. The summed E-state index contributed by atoms with van der Waals surface area (Å²) < 4.78 is 0. The summed E-state index contributed by atoms with van der Waals surface area (Å²) in [5.41, 5.74) is 2.79. The van der Waals surface area contributed by atoms with Crippen LogP contribution >= 0.6 is 0 Å². The number of hydrogen-bond donors (Lipinski definition) is 1. The van der Waals surface area contributed by atoms with Gasteiger partial charge in [0.15, 0.2) is 0 Å². The molecule has 0 heterocycles. The van der Waals surface area contributed by atoms with Crippen LogP contribution in [-0.2, 0) is 0 Å². The van der Waals surface area contributed by atoms with Crippen molar-refractivity contribution in [1.29, 1.82) is 0 Å². The van der Waals surface area contributed by atoms with Gasteiger partial charge in [0.1, 0.15) is 0 Å². The van der Waals surface area contributed by atoms with Gasteiger partial charge in [-0.15, -0.1) is 0 Å². The Balaban J connectivity index is 1.54. The van der Waals surface area contributed by atoms with E-state index in [9.17, 15) is 5.11 Å². The normalized spacial score (nSPS) is 46.8. The molecule has 0 radical (unpaired) electrons. The van der Waals surface area contributed by atoms with Gasteiger partial charge in [0.2, 0.25) is 0 Å². The molecule has 3 saturated carbocycles. The van der Waals surface area contributed by atoms with Crippen LogP contribution in [0.1, 0.15) is 92.9 Å². The van der Waals surface area contributed by atoms with Gasteiger partial charge in [0, 0.05) is 0 Å². The van der Waals surface area contributed by atoms with Crippen LogP contribution in [0.2, 0.25) is 0 Å². The van der Waals surface area contributed by atoms with Gasteiger partial charge in [-0.3, -0.25) is 0 Å². The van der Waals surface area contributed by atoms with Gasteiger partial charge >= 0.3 is 0 Å². The largest absolute Gasteiger partial charge is 0.393 e. The van der Waals surface area contributed by atoms with Crippen LogP contribution in [0.5, 0.6) is 0 Å². The third kappa shape index (κ3) is 3.58. The minimum atomic E-state index is -0.0476. The lowest BCUT2D eigenvalue weighted by molar-refractivity contribution is -0.0414. The number of fused-ring (bicyclic) bond motifs is 5. The third-order valence-corrected chi connectivity index (χ3v) is 10.5. The molecule has 4 aliphatic rings. The maximum Gasteiger partial charge on any atom is 0.0543 e. The summed E-state index contributed by atoms with van der Waals surface area (Å²) in [6.07, 6.45) is 17.8. The van der Waals surface area contributed by atoms with Gasteiger partial charge in [-0.2, -0.15) is 0 Å². The summed E-state index contributed by atoms with van der Waals surface area (Å²) in [5, 5.41) is 10.2. The summed E-state index contributed by atoms with van der Waals surface area (Å²) >= 11 is 0. The van der Waals surface area contributed by atoms with Gasteiger partial charge in [-0.05, 0) is 104 Å². The maximum absolute atomic E-state index is 10.2. The summed E-state index contributed by atoms with van der Waals surface area (Å²) in [7, 11) is 0. The zero-order valence-corrected chi connectivity index (χ0v) is 20.0. The monoisotopic (exact) mass is 398 g/mol. The lowest BCUT2D eigenvalue weighted by atomic mass is 9.47. The molecule has 1 nitrogen and oxygen atoms in total. The average molecular weight is 399 g/mol. The number of aliphatic hydroxyl groups is 1. The second-order valence-corrected chi connectivity index (χ2v) is 12.3. The Bertz CT molecular complexity index is 659. The Kier molecular flexibility index (Phi) is 5.86. The Hall–Kier alpha value is -0.560. The van der Waals surface area contributed by atoms with Gasteiger partial charge in [-0.1, -0.05) is 65.3 Å². The smallest absolute Gasteiger partial charge is 0.0543 e. The molecule has 0 aromatic carbocycles. The second kappa shape index (κ2) is 7.85. The molecular weight excluding hydrogens is 352 g/mol. The molecule has 4 aliphatic carbocycles. The molecule has 1 heteroatoms. The minimum absolute atomic E-state index is 0.0476. The Labute approximate surface area is 180 Å². The highest BCUT2D eigenvalue weighted by Gasteiger charge is 2.57. The first-order valence-electron chi connectivity index (χ1n) is 12.7. The van der Waals surface area contributed by atoms with Crippen LogP contribution in [0.15, 0.2) is 23.8 Å². The number of allylic oxidation sites excluding steroid dienone is 4. The standard InChI is InChI=1S/C28H46O/c1-18(2)19(3)7-8-20(4)24-11-12-25-23-10-9-21-17-22(29)13-15-27(21,5)26(23)14-16-28(24,25)6/h7-8,10,18-22,24-26,29H,9,11-17H2,1-6H3/b8-7+/t19-,20-,21-,22+,24-,25+,26+,27+,28-/m1/s1. The highest BCUT2D eigenvalue weighted by atomic mass is 16.3. The first kappa shape index (κ1) is 21.7. The molecule has 9 atom stereocenters. The van der Waals surface area contributed by atoms with E-state index < -0.39 is 0 Å². The number of rotatable bonds is 4. The van der Waals surface area contributed by atoms with Crippen molar-refractivity contribution < 1.29 is 5.11 Å². The van der Waals surface area contributed by atoms with E-state index in [0.717, 1.165) is 36.5 Å². The summed E-state index contributed by atoms with van der Waals surface area (Å²) in [6.45, 7) is 14.7. The molecule has 0 aliphatic heterocycles. The average Bonchev–Trinajstić information content (AvgIpc) is 3.03. The molecule has 164 valence electrons. The van der Waals surface area contributed by atoms with Crippen molar-refractivity contribution in [1.82, 2.24) is 0 Å². The van der Waals surface area contributed by atoms with Gasteiger partial charge < -0.3 is 5.11 Å². The predicted octanol–water partition coefficient (Wildman–Crippen LogP) is 7.41. The fraction of sp³-hybridized carbons (Fsp3) is 0.857. The van der Waals surface area contributed by atoms with Gasteiger partial charge in [0.05, 0.1) is 6.10 Å². The second-order valence-electron chi connectivity index (χ2n) is 12.3. The number of hydrogen-bond acceptors (Lipinski definition) is 1. The summed E-state index contributed by atoms with van der Waals surface area (Å²) in [5.74, 6) is 5.25. The van der Waals surface area contributed by atoms with Gasteiger partial charge in [-0.25, -0.2) is 0 Å². The van der Waals surface area contributed by atoms with E-state index in [2.05, 4.69) is 59.8 Å².